The Balaban J connectivity index is 2.46. The summed E-state index contributed by atoms with van der Waals surface area (Å²) in [5.74, 6) is -1.88. The molecular formula is C13H10ClF2NO2S. The van der Waals surface area contributed by atoms with Crippen molar-refractivity contribution in [3.8, 4) is 0 Å². The van der Waals surface area contributed by atoms with Gasteiger partial charge in [0.05, 0.1) is 16.3 Å². The molecule has 7 heteroatoms. The molecular weight excluding hydrogens is 308 g/mol. The number of benzene rings is 2. The maximum absolute atomic E-state index is 13.2. The molecule has 3 nitrogen and oxygen atoms in total. The summed E-state index contributed by atoms with van der Waals surface area (Å²) in [5.41, 5.74) is 5.57. The van der Waals surface area contributed by atoms with E-state index in [0.717, 1.165) is 30.3 Å². The standard InChI is InChI=1S/C13H10ClF2NO2S/c14-11-3-1-9(15)5-8(11)7-20(18,19)13-6-10(16)2-4-12(13)17/h1-6H,7,17H2. The van der Waals surface area contributed by atoms with Crippen molar-refractivity contribution in [1.82, 2.24) is 0 Å². The van der Waals surface area contributed by atoms with Crippen LogP contribution in [0.4, 0.5) is 14.5 Å². The number of halogens is 3. The molecule has 0 aliphatic heterocycles. The van der Waals surface area contributed by atoms with Gasteiger partial charge in [0.25, 0.3) is 0 Å². The van der Waals surface area contributed by atoms with Crippen molar-refractivity contribution >= 4 is 27.1 Å². The molecule has 0 heterocycles. The van der Waals surface area contributed by atoms with Crippen LogP contribution in [0.3, 0.4) is 0 Å². The van der Waals surface area contributed by atoms with Crippen LogP contribution in [0.2, 0.25) is 5.02 Å². The SMILES string of the molecule is Nc1ccc(F)cc1S(=O)(=O)Cc1cc(F)ccc1Cl. The number of rotatable bonds is 3. The van der Waals surface area contributed by atoms with Crippen LogP contribution in [0.1, 0.15) is 5.56 Å². The van der Waals surface area contributed by atoms with Crippen molar-refractivity contribution in [2.75, 3.05) is 5.73 Å². The highest BCUT2D eigenvalue weighted by Crippen LogP contribution is 2.26. The maximum atomic E-state index is 13.2. The minimum Gasteiger partial charge on any atom is -0.398 e. The third-order valence-electron chi connectivity index (χ3n) is 2.66. The number of hydrogen-bond acceptors (Lipinski definition) is 3. The Kier molecular flexibility index (Phi) is 3.96. The van der Waals surface area contributed by atoms with Gasteiger partial charge >= 0.3 is 0 Å². The van der Waals surface area contributed by atoms with Crippen LogP contribution in [0, 0.1) is 11.6 Å². The van der Waals surface area contributed by atoms with Crippen LogP contribution < -0.4 is 5.73 Å². The van der Waals surface area contributed by atoms with E-state index in [9.17, 15) is 17.2 Å². The topological polar surface area (TPSA) is 60.2 Å². The van der Waals surface area contributed by atoms with Crippen LogP contribution in [0.5, 0.6) is 0 Å². The number of nitrogen functional groups attached to an aromatic ring is 1. The second-order valence-corrected chi connectivity index (χ2v) is 6.54. The number of sulfone groups is 1. The zero-order chi connectivity index (χ0) is 14.9. The van der Waals surface area contributed by atoms with Gasteiger partial charge in [-0.3, -0.25) is 0 Å². The molecule has 0 bridgehead atoms. The molecule has 0 atom stereocenters. The average Bonchev–Trinajstić information content (AvgIpc) is 2.36. The lowest BCUT2D eigenvalue weighted by Crippen LogP contribution is -2.09. The van der Waals surface area contributed by atoms with Crippen LogP contribution in [0.15, 0.2) is 41.3 Å². The second kappa shape index (κ2) is 5.38. The van der Waals surface area contributed by atoms with E-state index in [1.807, 2.05) is 0 Å². The van der Waals surface area contributed by atoms with Crippen molar-refractivity contribution in [3.63, 3.8) is 0 Å². The lowest BCUT2D eigenvalue weighted by molar-refractivity contribution is 0.590. The lowest BCUT2D eigenvalue weighted by Gasteiger charge is -2.09. The fourth-order valence-electron chi connectivity index (χ4n) is 1.71. The number of nitrogens with two attached hydrogens (primary N) is 1. The molecule has 2 aromatic rings. The smallest absolute Gasteiger partial charge is 0.184 e. The highest BCUT2D eigenvalue weighted by Gasteiger charge is 2.21. The third kappa shape index (κ3) is 3.08. The molecule has 2 rings (SSSR count). The molecule has 0 aliphatic rings. The molecule has 0 spiro atoms. The van der Waals surface area contributed by atoms with E-state index in [0.29, 0.717) is 0 Å². The molecule has 2 N–H and O–H groups in total. The Morgan fingerprint density at radius 3 is 2.35 bits per heavy atom. The Morgan fingerprint density at radius 1 is 1.05 bits per heavy atom. The molecule has 106 valence electrons. The largest absolute Gasteiger partial charge is 0.398 e. The van der Waals surface area contributed by atoms with Crippen molar-refractivity contribution in [1.29, 1.82) is 0 Å². The van der Waals surface area contributed by atoms with Gasteiger partial charge in [0.15, 0.2) is 9.84 Å². The first-order chi connectivity index (χ1) is 9.29. The van der Waals surface area contributed by atoms with Crippen molar-refractivity contribution in [2.24, 2.45) is 0 Å². The fourth-order valence-corrected chi connectivity index (χ4v) is 3.50. The Morgan fingerprint density at radius 2 is 1.65 bits per heavy atom. The minimum atomic E-state index is -3.92. The summed E-state index contributed by atoms with van der Waals surface area (Å²) < 4.78 is 50.7. The molecule has 0 aliphatic carbocycles. The van der Waals surface area contributed by atoms with Gasteiger partial charge in [-0.25, -0.2) is 17.2 Å². The quantitative estimate of drug-likeness (QED) is 0.884. The summed E-state index contributed by atoms with van der Waals surface area (Å²) in [5, 5.41) is 0.116. The van der Waals surface area contributed by atoms with Crippen molar-refractivity contribution in [2.45, 2.75) is 10.6 Å². The van der Waals surface area contributed by atoms with E-state index >= 15 is 0 Å². The summed E-state index contributed by atoms with van der Waals surface area (Å²) in [6.45, 7) is 0. The summed E-state index contributed by atoms with van der Waals surface area (Å²) >= 11 is 5.82. The van der Waals surface area contributed by atoms with E-state index in [1.54, 1.807) is 0 Å². The molecule has 0 unspecified atom stereocenters. The van der Waals surface area contributed by atoms with Crippen LogP contribution in [-0.4, -0.2) is 8.42 Å². The first kappa shape index (κ1) is 14.7. The average molecular weight is 318 g/mol. The first-order valence-corrected chi connectivity index (χ1v) is 7.54. The molecule has 2 aromatic carbocycles. The summed E-state index contributed by atoms with van der Waals surface area (Å²) in [7, 11) is -3.92. The minimum absolute atomic E-state index is 0.0704. The predicted molar refractivity (Wildman–Crippen MR) is 73.1 cm³/mol. The van der Waals surface area contributed by atoms with E-state index in [1.165, 1.54) is 6.07 Å². The summed E-state index contributed by atoms with van der Waals surface area (Å²) in [6, 6.07) is 6.46. The van der Waals surface area contributed by atoms with E-state index < -0.39 is 27.2 Å². The highest BCUT2D eigenvalue weighted by atomic mass is 35.5. The predicted octanol–water partition coefficient (Wildman–Crippen LogP) is 3.17. The van der Waals surface area contributed by atoms with E-state index in [4.69, 9.17) is 17.3 Å². The Labute approximate surface area is 119 Å². The van der Waals surface area contributed by atoms with Gasteiger partial charge in [0.2, 0.25) is 0 Å². The number of anilines is 1. The number of hydrogen-bond donors (Lipinski definition) is 1. The molecule has 0 amide bonds. The Hall–Kier alpha value is -1.66. The van der Waals surface area contributed by atoms with Gasteiger partial charge in [0, 0.05) is 5.02 Å². The molecule has 20 heavy (non-hydrogen) atoms. The van der Waals surface area contributed by atoms with Gasteiger partial charge < -0.3 is 5.73 Å². The molecule has 0 aromatic heterocycles. The maximum Gasteiger partial charge on any atom is 0.184 e. The molecule has 0 fully saturated rings. The van der Waals surface area contributed by atoms with Crippen LogP contribution >= 0.6 is 11.6 Å². The fraction of sp³-hybridized carbons (Fsp3) is 0.0769. The lowest BCUT2D eigenvalue weighted by atomic mass is 10.2. The second-order valence-electron chi connectivity index (χ2n) is 4.18. The van der Waals surface area contributed by atoms with E-state index in [-0.39, 0.29) is 21.2 Å². The van der Waals surface area contributed by atoms with Gasteiger partial charge in [-0.15, -0.1) is 0 Å². The van der Waals surface area contributed by atoms with Gasteiger partial charge in [-0.1, -0.05) is 11.6 Å². The highest BCUT2D eigenvalue weighted by molar-refractivity contribution is 7.90. The van der Waals surface area contributed by atoms with Crippen molar-refractivity contribution < 1.29 is 17.2 Å². The van der Waals surface area contributed by atoms with Gasteiger partial charge in [-0.2, -0.15) is 0 Å². The zero-order valence-corrected chi connectivity index (χ0v) is 11.7. The first-order valence-electron chi connectivity index (χ1n) is 5.51. The molecule has 0 saturated carbocycles. The summed E-state index contributed by atoms with van der Waals surface area (Å²) in [6.07, 6.45) is 0. The molecule has 0 radical (unpaired) electrons. The zero-order valence-electron chi connectivity index (χ0n) is 10.1. The van der Waals surface area contributed by atoms with Crippen molar-refractivity contribution in [3.05, 3.63) is 58.6 Å². The Bertz CT molecular complexity index is 763. The van der Waals surface area contributed by atoms with Crippen LogP contribution in [0.25, 0.3) is 0 Å². The normalized spacial score (nSPS) is 11.6. The van der Waals surface area contributed by atoms with Gasteiger partial charge in [0.1, 0.15) is 11.6 Å². The monoisotopic (exact) mass is 317 g/mol. The van der Waals surface area contributed by atoms with Gasteiger partial charge in [-0.05, 0) is 42.0 Å². The third-order valence-corrected chi connectivity index (χ3v) is 4.75. The van der Waals surface area contributed by atoms with E-state index in [2.05, 4.69) is 0 Å². The molecule has 0 saturated heterocycles. The van der Waals surface area contributed by atoms with Crippen LogP contribution in [-0.2, 0) is 15.6 Å². The summed E-state index contributed by atoms with van der Waals surface area (Å²) in [4.78, 5) is -0.335.